The zero-order chi connectivity index (χ0) is 19.3. The van der Waals surface area contributed by atoms with E-state index in [1.54, 1.807) is 16.2 Å². The number of nitrogens with zero attached hydrogens (tertiary/aromatic N) is 2. The molecule has 0 radical (unpaired) electrons. The Morgan fingerprint density at radius 1 is 1.07 bits per heavy atom. The highest BCUT2D eigenvalue weighted by Crippen LogP contribution is 2.25. The van der Waals surface area contributed by atoms with Gasteiger partial charge in [0.05, 0.1) is 12.1 Å². The van der Waals surface area contributed by atoms with Crippen LogP contribution in [-0.4, -0.2) is 40.3 Å². The first-order chi connectivity index (χ1) is 13.7. The molecule has 1 aromatic heterocycles. The van der Waals surface area contributed by atoms with Gasteiger partial charge in [0.15, 0.2) is 0 Å². The summed E-state index contributed by atoms with van der Waals surface area (Å²) in [5.74, 6) is 0.0345. The zero-order valence-corrected chi connectivity index (χ0v) is 16.9. The monoisotopic (exact) mass is 397 g/mol. The van der Waals surface area contributed by atoms with Crippen molar-refractivity contribution in [3.05, 3.63) is 41.4 Å². The number of likely N-dealkylation sites (tertiary alicyclic amines) is 1. The molecule has 2 amide bonds. The molecule has 1 atom stereocenters. The summed E-state index contributed by atoms with van der Waals surface area (Å²) in [6, 6.07) is 9.97. The predicted octanol–water partition coefficient (Wildman–Crippen LogP) is 3.79. The van der Waals surface area contributed by atoms with E-state index in [2.05, 4.69) is 10.3 Å². The minimum absolute atomic E-state index is 0.00575. The molecule has 1 aromatic carbocycles. The summed E-state index contributed by atoms with van der Waals surface area (Å²) in [5, 5.41) is 6.07. The van der Waals surface area contributed by atoms with E-state index < -0.39 is 0 Å². The largest absolute Gasteiger partial charge is 0.352 e. The number of amides is 2. The van der Waals surface area contributed by atoms with Crippen LogP contribution in [0.3, 0.4) is 0 Å². The molecular weight excluding hydrogens is 370 g/mol. The lowest BCUT2D eigenvalue weighted by molar-refractivity contribution is -0.138. The molecule has 6 heteroatoms. The smallest absolute Gasteiger partial charge is 0.243 e. The van der Waals surface area contributed by atoms with Gasteiger partial charge in [0.1, 0.15) is 11.0 Å². The number of benzene rings is 1. The first kappa shape index (κ1) is 19.1. The third-order valence-corrected chi connectivity index (χ3v) is 6.67. The SMILES string of the molecule is O=C(NC1CCCCC1)[C@H]1CCCN1C(=O)Cc1csc(-c2ccccc2)n1. The summed E-state index contributed by atoms with van der Waals surface area (Å²) >= 11 is 1.56. The Labute approximate surface area is 170 Å². The maximum Gasteiger partial charge on any atom is 0.243 e. The summed E-state index contributed by atoms with van der Waals surface area (Å²) in [6.45, 7) is 0.664. The number of carbonyl (C=O) groups is 2. The maximum absolute atomic E-state index is 12.9. The van der Waals surface area contributed by atoms with Gasteiger partial charge in [-0.05, 0) is 25.7 Å². The van der Waals surface area contributed by atoms with E-state index in [4.69, 9.17) is 0 Å². The van der Waals surface area contributed by atoms with E-state index in [-0.39, 0.29) is 30.3 Å². The summed E-state index contributed by atoms with van der Waals surface area (Å²) in [5.41, 5.74) is 1.85. The van der Waals surface area contributed by atoms with Crippen LogP contribution in [0.25, 0.3) is 10.6 Å². The van der Waals surface area contributed by atoms with Gasteiger partial charge in [0.2, 0.25) is 11.8 Å². The number of hydrogen-bond donors (Lipinski definition) is 1. The normalized spacial score (nSPS) is 20.3. The Morgan fingerprint density at radius 2 is 1.86 bits per heavy atom. The fourth-order valence-electron chi connectivity index (χ4n) is 4.24. The molecule has 2 aromatic rings. The van der Waals surface area contributed by atoms with Gasteiger partial charge >= 0.3 is 0 Å². The van der Waals surface area contributed by atoms with Crippen molar-refractivity contribution in [3.63, 3.8) is 0 Å². The third-order valence-electron chi connectivity index (χ3n) is 5.73. The predicted molar refractivity (Wildman–Crippen MR) is 111 cm³/mol. The second kappa shape index (κ2) is 8.86. The highest BCUT2D eigenvalue weighted by atomic mass is 32.1. The summed E-state index contributed by atoms with van der Waals surface area (Å²) in [7, 11) is 0. The molecule has 0 spiro atoms. The van der Waals surface area contributed by atoms with E-state index >= 15 is 0 Å². The number of hydrogen-bond acceptors (Lipinski definition) is 4. The molecule has 2 aliphatic rings. The Hall–Kier alpha value is -2.21. The molecule has 2 heterocycles. The van der Waals surface area contributed by atoms with Gasteiger partial charge in [0.25, 0.3) is 0 Å². The van der Waals surface area contributed by atoms with E-state index in [0.717, 1.165) is 41.9 Å². The van der Waals surface area contributed by atoms with Crippen molar-refractivity contribution in [2.45, 2.75) is 63.5 Å². The van der Waals surface area contributed by atoms with Crippen molar-refractivity contribution in [1.29, 1.82) is 0 Å². The van der Waals surface area contributed by atoms with E-state index in [1.165, 1.54) is 19.3 Å². The lowest BCUT2D eigenvalue weighted by Gasteiger charge is -2.28. The maximum atomic E-state index is 12.9. The number of aromatic nitrogens is 1. The minimum atomic E-state index is -0.318. The molecule has 1 aliphatic carbocycles. The average Bonchev–Trinajstić information content (AvgIpc) is 3.39. The lowest BCUT2D eigenvalue weighted by Crippen LogP contribution is -2.49. The van der Waals surface area contributed by atoms with E-state index in [9.17, 15) is 9.59 Å². The molecular formula is C22H27N3O2S. The van der Waals surface area contributed by atoms with Gasteiger partial charge < -0.3 is 10.2 Å². The van der Waals surface area contributed by atoms with Gasteiger partial charge in [0, 0.05) is 23.5 Å². The van der Waals surface area contributed by atoms with Crippen molar-refractivity contribution >= 4 is 23.2 Å². The fourth-order valence-corrected chi connectivity index (χ4v) is 5.07. The van der Waals surface area contributed by atoms with Crippen LogP contribution in [-0.2, 0) is 16.0 Å². The lowest BCUT2D eigenvalue weighted by atomic mass is 9.95. The molecule has 1 aliphatic heterocycles. The van der Waals surface area contributed by atoms with Crippen LogP contribution >= 0.6 is 11.3 Å². The quantitative estimate of drug-likeness (QED) is 0.835. The average molecular weight is 398 g/mol. The Kier molecular flexibility index (Phi) is 6.05. The minimum Gasteiger partial charge on any atom is -0.352 e. The van der Waals surface area contributed by atoms with Crippen LogP contribution in [0.5, 0.6) is 0 Å². The Bertz CT molecular complexity index is 814. The highest BCUT2D eigenvalue weighted by molar-refractivity contribution is 7.13. The molecule has 2 fully saturated rings. The van der Waals surface area contributed by atoms with Crippen molar-refractivity contribution < 1.29 is 9.59 Å². The number of nitrogens with one attached hydrogen (secondary N) is 1. The highest BCUT2D eigenvalue weighted by Gasteiger charge is 2.35. The molecule has 4 rings (SSSR count). The Morgan fingerprint density at radius 3 is 2.64 bits per heavy atom. The number of carbonyl (C=O) groups excluding carboxylic acids is 2. The first-order valence-electron chi connectivity index (χ1n) is 10.3. The van der Waals surface area contributed by atoms with Crippen LogP contribution in [0.15, 0.2) is 35.7 Å². The summed E-state index contributed by atoms with van der Waals surface area (Å²) in [4.78, 5) is 32.0. The van der Waals surface area contributed by atoms with Crippen molar-refractivity contribution in [2.75, 3.05) is 6.54 Å². The second-order valence-corrected chi connectivity index (χ2v) is 8.63. The Balaban J connectivity index is 1.37. The molecule has 0 bridgehead atoms. The summed E-state index contributed by atoms with van der Waals surface area (Å²) < 4.78 is 0. The van der Waals surface area contributed by atoms with Crippen LogP contribution in [0.2, 0.25) is 0 Å². The molecule has 0 unspecified atom stereocenters. The fraction of sp³-hybridized carbons (Fsp3) is 0.500. The molecule has 5 nitrogen and oxygen atoms in total. The van der Waals surface area contributed by atoms with Crippen LogP contribution in [0, 0.1) is 0 Å². The zero-order valence-electron chi connectivity index (χ0n) is 16.1. The van der Waals surface area contributed by atoms with Gasteiger partial charge in [-0.15, -0.1) is 11.3 Å². The van der Waals surface area contributed by atoms with Gasteiger partial charge in [-0.2, -0.15) is 0 Å². The standard InChI is InChI=1S/C22H27N3O2S/c26-20(14-18-15-28-22(24-18)16-8-3-1-4-9-16)25-13-7-12-19(25)21(27)23-17-10-5-2-6-11-17/h1,3-4,8-9,15,17,19H,2,5-7,10-14H2,(H,23,27)/t19-/m1/s1. The third kappa shape index (κ3) is 4.43. The van der Waals surface area contributed by atoms with Crippen molar-refractivity contribution in [3.8, 4) is 10.6 Å². The molecule has 148 valence electrons. The van der Waals surface area contributed by atoms with Gasteiger partial charge in [-0.1, -0.05) is 49.6 Å². The van der Waals surface area contributed by atoms with Crippen molar-refractivity contribution in [2.24, 2.45) is 0 Å². The number of rotatable bonds is 5. The van der Waals surface area contributed by atoms with E-state index in [0.29, 0.717) is 6.54 Å². The summed E-state index contributed by atoms with van der Waals surface area (Å²) in [6.07, 6.45) is 7.67. The molecule has 1 saturated heterocycles. The van der Waals surface area contributed by atoms with E-state index in [1.807, 2.05) is 35.7 Å². The first-order valence-corrected chi connectivity index (χ1v) is 11.2. The molecule has 1 saturated carbocycles. The van der Waals surface area contributed by atoms with Crippen LogP contribution in [0.1, 0.15) is 50.6 Å². The van der Waals surface area contributed by atoms with Gasteiger partial charge in [-0.3, -0.25) is 9.59 Å². The molecule has 1 N–H and O–H groups in total. The van der Waals surface area contributed by atoms with Gasteiger partial charge in [-0.25, -0.2) is 4.98 Å². The topological polar surface area (TPSA) is 62.3 Å². The second-order valence-electron chi connectivity index (χ2n) is 7.78. The van der Waals surface area contributed by atoms with Crippen molar-refractivity contribution in [1.82, 2.24) is 15.2 Å². The number of thiazole rings is 1. The van der Waals surface area contributed by atoms with Crippen LogP contribution in [0.4, 0.5) is 0 Å². The molecule has 28 heavy (non-hydrogen) atoms. The van der Waals surface area contributed by atoms with Crippen LogP contribution < -0.4 is 5.32 Å².